The fourth-order valence-electron chi connectivity index (χ4n) is 4.24. The normalized spacial score (nSPS) is 20.9. The summed E-state index contributed by atoms with van der Waals surface area (Å²) in [6.45, 7) is 5.85. The second kappa shape index (κ2) is 9.46. The monoisotopic (exact) mass is 411 g/mol. The second-order valence-corrected chi connectivity index (χ2v) is 8.63. The number of nitrogens with zero attached hydrogens (tertiary/aromatic N) is 3. The zero-order chi connectivity index (χ0) is 20.1. The highest BCUT2D eigenvalue weighted by atomic mass is 32.1. The van der Waals surface area contributed by atoms with Gasteiger partial charge >= 0.3 is 0 Å². The van der Waals surface area contributed by atoms with Gasteiger partial charge in [0, 0.05) is 62.0 Å². The van der Waals surface area contributed by atoms with Crippen LogP contribution in [0.4, 0.5) is 5.69 Å². The van der Waals surface area contributed by atoms with E-state index in [-0.39, 0.29) is 5.91 Å². The van der Waals surface area contributed by atoms with E-state index in [4.69, 9.17) is 4.74 Å². The molecule has 0 unspecified atom stereocenters. The number of anilines is 1. The summed E-state index contributed by atoms with van der Waals surface area (Å²) >= 11 is 1.66. The molecule has 3 heterocycles. The third kappa shape index (κ3) is 5.00. The number of amides is 1. The van der Waals surface area contributed by atoms with Crippen molar-refractivity contribution in [3.63, 3.8) is 0 Å². The van der Waals surface area contributed by atoms with Gasteiger partial charge in [-0.3, -0.25) is 9.69 Å². The lowest BCUT2D eigenvalue weighted by Crippen LogP contribution is -2.55. The third-order valence-electron chi connectivity index (χ3n) is 5.91. The van der Waals surface area contributed by atoms with E-state index in [2.05, 4.69) is 21.9 Å². The zero-order valence-electron chi connectivity index (χ0n) is 17.0. The van der Waals surface area contributed by atoms with E-state index in [0.717, 1.165) is 56.3 Å². The van der Waals surface area contributed by atoms with E-state index in [1.165, 1.54) is 12.1 Å². The molecule has 2 aliphatic heterocycles. The van der Waals surface area contributed by atoms with Gasteiger partial charge in [-0.25, -0.2) is 0 Å². The average molecular weight is 412 g/mol. The topological polar surface area (TPSA) is 36.0 Å². The van der Waals surface area contributed by atoms with Crippen LogP contribution < -0.4 is 9.64 Å². The van der Waals surface area contributed by atoms with Gasteiger partial charge in [0.1, 0.15) is 5.75 Å². The minimum Gasteiger partial charge on any atom is -0.497 e. The molecule has 0 saturated carbocycles. The van der Waals surface area contributed by atoms with Crippen molar-refractivity contribution < 1.29 is 9.53 Å². The number of benzene rings is 1. The zero-order valence-corrected chi connectivity index (χ0v) is 17.8. The van der Waals surface area contributed by atoms with E-state index in [1.807, 2.05) is 40.6 Å². The van der Waals surface area contributed by atoms with Gasteiger partial charge in [0.05, 0.1) is 7.11 Å². The Kier molecular flexibility index (Phi) is 6.52. The number of ether oxygens (including phenoxy) is 1. The summed E-state index contributed by atoms with van der Waals surface area (Å²) in [5.41, 5.74) is 1.25. The van der Waals surface area contributed by atoms with Crippen molar-refractivity contribution in [2.24, 2.45) is 0 Å². The molecule has 154 valence electrons. The maximum atomic E-state index is 12.6. The number of piperazine rings is 1. The molecular formula is C23H29N3O2S. The summed E-state index contributed by atoms with van der Waals surface area (Å²) < 4.78 is 5.26. The van der Waals surface area contributed by atoms with E-state index in [0.29, 0.717) is 6.04 Å². The standard InChI is InChI=1S/C23H29N3O2S/c1-28-21-8-6-19(7-9-21)24-13-15-25(16-14-24)20-4-2-12-26(18-20)23(27)11-10-22-5-3-17-29-22/h3,5-11,17,20H,2,4,12-16,18H2,1H3/b11-10+/t20-/m1/s1. The predicted molar refractivity (Wildman–Crippen MR) is 120 cm³/mol. The van der Waals surface area contributed by atoms with Crippen LogP contribution in [-0.2, 0) is 4.79 Å². The number of likely N-dealkylation sites (tertiary alicyclic amines) is 1. The summed E-state index contributed by atoms with van der Waals surface area (Å²) in [5, 5.41) is 2.03. The molecule has 5 nitrogen and oxygen atoms in total. The molecule has 2 fully saturated rings. The highest BCUT2D eigenvalue weighted by molar-refractivity contribution is 7.10. The molecule has 0 spiro atoms. The summed E-state index contributed by atoms with van der Waals surface area (Å²) in [7, 11) is 1.70. The number of hydrogen-bond acceptors (Lipinski definition) is 5. The first-order valence-electron chi connectivity index (χ1n) is 10.4. The Bertz CT molecular complexity index is 811. The molecule has 29 heavy (non-hydrogen) atoms. The van der Waals surface area contributed by atoms with Crippen molar-refractivity contribution in [1.29, 1.82) is 0 Å². The van der Waals surface area contributed by atoms with Gasteiger partial charge in [0.25, 0.3) is 0 Å². The smallest absolute Gasteiger partial charge is 0.246 e. The minimum absolute atomic E-state index is 0.139. The lowest BCUT2D eigenvalue weighted by molar-refractivity contribution is -0.128. The molecule has 0 aliphatic carbocycles. The van der Waals surface area contributed by atoms with Crippen LogP contribution >= 0.6 is 11.3 Å². The van der Waals surface area contributed by atoms with Crippen LogP contribution in [0.1, 0.15) is 17.7 Å². The summed E-state index contributed by atoms with van der Waals surface area (Å²) in [6, 6.07) is 12.8. The number of hydrogen-bond donors (Lipinski definition) is 0. The van der Waals surface area contributed by atoms with Gasteiger partial charge in [-0.05, 0) is 54.6 Å². The first kappa shape index (κ1) is 20.0. The third-order valence-corrected chi connectivity index (χ3v) is 6.75. The summed E-state index contributed by atoms with van der Waals surface area (Å²) in [5.74, 6) is 1.03. The molecule has 6 heteroatoms. The molecule has 4 rings (SSSR count). The first-order valence-corrected chi connectivity index (χ1v) is 11.2. The van der Waals surface area contributed by atoms with Crippen LogP contribution in [0.3, 0.4) is 0 Å². The van der Waals surface area contributed by atoms with Gasteiger partial charge in [0.15, 0.2) is 0 Å². The molecule has 2 aromatic rings. The van der Waals surface area contributed by atoms with Gasteiger partial charge in [-0.15, -0.1) is 11.3 Å². The molecule has 2 aliphatic rings. The number of piperidine rings is 1. The van der Waals surface area contributed by atoms with Crippen molar-refractivity contribution >= 4 is 29.0 Å². The molecule has 1 aromatic heterocycles. The lowest BCUT2D eigenvalue weighted by atomic mass is 10.0. The van der Waals surface area contributed by atoms with Crippen LogP contribution in [0, 0.1) is 0 Å². The van der Waals surface area contributed by atoms with Crippen LogP contribution in [0.15, 0.2) is 47.9 Å². The fourth-order valence-corrected chi connectivity index (χ4v) is 4.85. The lowest BCUT2D eigenvalue weighted by Gasteiger charge is -2.43. The Morgan fingerprint density at radius 1 is 1.10 bits per heavy atom. The van der Waals surface area contributed by atoms with Gasteiger partial charge in [-0.1, -0.05) is 6.07 Å². The van der Waals surface area contributed by atoms with Crippen LogP contribution in [0.5, 0.6) is 5.75 Å². The number of rotatable bonds is 5. The Labute approximate surface area is 177 Å². The van der Waals surface area contributed by atoms with Crippen molar-refractivity contribution in [3.8, 4) is 5.75 Å². The molecule has 1 aromatic carbocycles. The molecule has 1 atom stereocenters. The molecule has 1 amide bonds. The maximum absolute atomic E-state index is 12.6. The number of methoxy groups -OCH3 is 1. The number of thiophene rings is 1. The van der Waals surface area contributed by atoms with Gasteiger partial charge in [0.2, 0.25) is 5.91 Å². The molecule has 0 bridgehead atoms. The van der Waals surface area contributed by atoms with Crippen LogP contribution in [-0.4, -0.2) is 68.1 Å². The first-order chi connectivity index (χ1) is 14.2. The van der Waals surface area contributed by atoms with Crippen LogP contribution in [0.25, 0.3) is 6.08 Å². The van der Waals surface area contributed by atoms with E-state index >= 15 is 0 Å². The SMILES string of the molecule is COc1ccc(N2CCN([C@@H]3CCCN(C(=O)/C=C/c4cccs4)C3)CC2)cc1. The molecular weight excluding hydrogens is 382 g/mol. The molecule has 2 saturated heterocycles. The quantitative estimate of drug-likeness (QED) is 0.705. The highest BCUT2D eigenvalue weighted by Crippen LogP contribution is 2.23. The predicted octanol–water partition coefficient (Wildman–Crippen LogP) is 3.58. The van der Waals surface area contributed by atoms with E-state index in [9.17, 15) is 4.79 Å². The molecule has 0 N–H and O–H groups in total. The Hall–Kier alpha value is -2.31. The Morgan fingerprint density at radius 2 is 1.90 bits per heavy atom. The summed E-state index contributed by atoms with van der Waals surface area (Å²) in [4.78, 5) is 20.8. The maximum Gasteiger partial charge on any atom is 0.246 e. The minimum atomic E-state index is 0.139. The Balaban J connectivity index is 1.29. The largest absolute Gasteiger partial charge is 0.497 e. The van der Waals surface area contributed by atoms with Crippen molar-refractivity contribution in [3.05, 3.63) is 52.7 Å². The molecule has 0 radical (unpaired) electrons. The summed E-state index contributed by atoms with van der Waals surface area (Å²) in [6.07, 6.45) is 5.93. The van der Waals surface area contributed by atoms with Crippen molar-refractivity contribution in [2.75, 3.05) is 51.3 Å². The second-order valence-electron chi connectivity index (χ2n) is 7.65. The van der Waals surface area contributed by atoms with Gasteiger partial charge in [-0.2, -0.15) is 0 Å². The van der Waals surface area contributed by atoms with Crippen molar-refractivity contribution in [1.82, 2.24) is 9.80 Å². The fraction of sp³-hybridized carbons (Fsp3) is 0.435. The van der Waals surface area contributed by atoms with Crippen LogP contribution in [0.2, 0.25) is 0 Å². The highest BCUT2D eigenvalue weighted by Gasteiger charge is 2.29. The Morgan fingerprint density at radius 3 is 2.59 bits per heavy atom. The van der Waals surface area contributed by atoms with E-state index < -0.39 is 0 Å². The number of carbonyl (C=O) groups excluding carboxylic acids is 1. The van der Waals surface area contributed by atoms with E-state index in [1.54, 1.807) is 24.5 Å². The van der Waals surface area contributed by atoms with Crippen molar-refractivity contribution in [2.45, 2.75) is 18.9 Å². The van der Waals surface area contributed by atoms with Gasteiger partial charge < -0.3 is 14.5 Å². The average Bonchev–Trinajstić information content (AvgIpc) is 3.31. The number of carbonyl (C=O) groups is 1.